The van der Waals surface area contributed by atoms with Crippen LogP contribution in [0.3, 0.4) is 0 Å². The maximum Gasteiger partial charge on any atom is 0.410 e. The highest BCUT2D eigenvalue weighted by molar-refractivity contribution is 5.99. The van der Waals surface area contributed by atoms with Crippen LogP contribution in [0.1, 0.15) is 48.8 Å². The highest BCUT2D eigenvalue weighted by Crippen LogP contribution is 2.40. The predicted octanol–water partition coefficient (Wildman–Crippen LogP) is 3.34. The summed E-state index contributed by atoms with van der Waals surface area (Å²) < 4.78 is 41.1. The lowest BCUT2D eigenvalue weighted by molar-refractivity contribution is -0.173. The number of hydrogen-bond donors (Lipinski definition) is 2. The molecule has 1 amide bonds. The quantitative estimate of drug-likeness (QED) is 0.833. The molecule has 1 aliphatic rings. The Morgan fingerprint density at radius 2 is 2.22 bits per heavy atom. The number of amides is 1. The number of rotatable bonds is 5. The van der Waals surface area contributed by atoms with Crippen LogP contribution in [0.15, 0.2) is 30.6 Å². The van der Waals surface area contributed by atoms with Crippen molar-refractivity contribution in [2.24, 2.45) is 0 Å². The normalized spacial score (nSPS) is 20.5. The molecule has 1 aliphatic heterocycles. The van der Waals surface area contributed by atoms with E-state index in [1.54, 1.807) is 12.3 Å². The fourth-order valence-electron chi connectivity index (χ4n) is 3.26. The van der Waals surface area contributed by atoms with Gasteiger partial charge in [0.1, 0.15) is 11.4 Å². The maximum atomic E-state index is 13.4. The molecule has 146 valence electrons. The molecule has 2 aromatic rings. The standard InChI is InChI=1S/C18H22F3N5O/c1-3-12-9-15(18(19,20)21)26-16(25-12)14(10-23-26)17(27)24-11(2)8-13-6-4-5-7-22-13/h4-7,10-12,15,25H,3,8-9H2,1-2H3,(H,24,27)/t11-,12+,15+/m1/s1. The number of halogens is 3. The number of nitrogens with one attached hydrogen (secondary N) is 2. The Morgan fingerprint density at radius 1 is 1.44 bits per heavy atom. The molecule has 0 unspecified atom stereocenters. The SMILES string of the molecule is CC[C@H]1C[C@@H](C(F)(F)F)n2ncc(C(=O)N[C@H](C)Cc3ccccn3)c2N1. The molecule has 0 saturated heterocycles. The fourth-order valence-corrected chi connectivity index (χ4v) is 3.26. The van der Waals surface area contributed by atoms with Crippen LogP contribution < -0.4 is 10.6 Å². The van der Waals surface area contributed by atoms with Gasteiger partial charge < -0.3 is 10.6 Å². The first-order valence-corrected chi connectivity index (χ1v) is 8.91. The van der Waals surface area contributed by atoms with Gasteiger partial charge in [-0.05, 0) is 31.9 Å². The topological polar surface area (TPSA) is 71.8 Å². The molecule has 0 bridgehead atoms. The maximum absolute atomic E-state index is 13.4. The third kappa shape index (κ3) is 4.23. The Balaban J connectivity index is 1.77. The molecule has 3 rings (SSSR count). The van der Waals surface area contributed by atoms with Gasteiger partial charge in [-0.3, -0.25) is 9.78 Å². The minimum absolute atomic E-state index is 0.105. The molecule has 0 radical (unpaired) electrons. The summed E-state index contributed by atoms with van der Waals surface area (Å²) in [5.41, 5.74) is 0.943. The van der Waals surface area contributed by atoms with E-state index < -0.39 is 18.1 Å². The van der Waals surface area contributed by atoms with Crippen molar-refractivity contribution in [3.05, 3.63) is 41.9 Å². The minimum Gasteiger partial charge on any atom is -0.367 e. The van der Waals surface area contributed by atoms with E-state index in [-0.39, 0.29) is 29.9 Å². The summed E-state index contributed by atoms with van der Waals surface area (Å²) in [7, 11) is 0. The van der Waals surface area contributed by atoms with Crippen LogP contribution in [0.5, 0.6) is 0 Å². The second kappa shape index (κ2) is 7.58. The van der Waals surface area contributed by atoms with E-state index in [2.05, 4.69) is 20.7 Å². The molecule has 0 aromatic carbocycles. The average Bonchev–Trinajstić information content (AvgIpc) is 3.04. The van der Waals surface area contributed by atoms with Crippen LogP contribution in [-0.4, -0.2) is 38.9 Å². The first-order valence-electron chi connectivity index (χ1n) is 8.91. The number of carbonyl (C=O) groups excluding carboxylic acids is 1. The highest BCUT2D eigenvalue weighted by Gasteiger charge is 2.46. The molecular formula is C18H22F3N5O. The smallest absolute Gasteiger partial charge is 0.367 e. The van der Waals surface area contributed by atoms with Crippen LogP contribution in [0, 0.1) is 0 Å². The number of anilines is 1. The van der Waals surface area contributed by atoms with Gasteiger partial charge in [0.05, 0.1) is 6.20 Å². The molecule has 3 heterocycles. The summed E-state index contributed by atoms with van der Waals surface area (Å²) in [5.74, 6) is -0.331. The van der Waals surface area contributed by atoms with Crippen molar-refractivity contribution in [2.45, 2.75) is 57.4 Å². The van der Waals surface area contributed by atoms with Crippen molar-refractivity contribution < 1.29 is 18.0 Å². The zero-order valence-corrected chi connectivity index (χ0v) is 15.1. The first-order chi connectivity index (χ1) is 12.8. The second-order valence-electron chi connectivity index (χ2n) is 6.79. The predicted molar refractivity (Wildman–Crippen MR) is 94.5 cm³/mol. The first kappa shape index (κ1) is 19.2. The Labute approximate surface area is 155 Å². The van der Waals surface area contributed by atoms with E-state index in [4.69, 9.17) is 0 Å². The van der Waals surface area contributed by atoms with Gasteiger partial charge in [0.25, 0.3) is 5.91 Å². The van der Waals surface area contributed by atoms with Gasteiger partial charge in [0.15, 0.2) is 6.04 Å². The molecule has 0 spiro atoms. The number of fused-ring (bicyclic) bond motifs is 1. The highest BCUT2D eigenvalue weighted by atomic mass is 19.4. The molecule has 9 heteroatoms. The molecular weight excluding hydrogens is 359 g/mol. The van der Waals surface area contributed by atoms with E-state index in [1.807, 2.05) is 26.0 Å². The van der Waals surface area contributed by atoms with Crippen LogP contribution in [0.2, 0.25) is 0 Å². The van der Waals surface area contributed by atoms with Gasteiger partial charge in [0, 0.05) is 30.4 Å². The number of pyridine rings is 1. The van der Waals surface area contributed by atoms with Crippen molar-refractivity contribution in [1.29, 1.82) is 0 Å². The van der Waals surface area contributed by atoms with Gasteiger partial charge in [-0.25, -0.2) is 4.68 Å². The minimum atomic E-state index is -4.42. The van der Waals surface area contributed by atoms with Crippen molar-refractivity contribution in [3.63, 3.8) is 0 Å². The Morgan fingerprint density at radius 3 is 2.85 bits per heavy atom. The van der Waals surface area contributed by atoms with Crippen molar-refractivity contribution in [2.75, 3.05) is 5.32 Å². The van der Waals surface area contributed by atoms with Gasteiger partial charge in [0.2, 0.25) is 0 Å². The van der Waals surface area contributed by atoms with Crippen LogP contribution >= 0.6 is 0 Å². The van der Waals surface area contributed by atoms with Gasteiger partial charge in [-0.2, -0.15) is 18.3 Å². The lowest BCUT2D eigenvalue weighted by atomic mass is 10.0. The molecule has 27 heavy (non-hydrogen) atoms. The number of nitrogens with zero attached hydrogens (tertiary/aromatic N) is 3. The summed E-state index contributed by atoms with van der Waals surface area (Å²) >= 11 is 0. The lowest BCUT2D eigenvalue weighted by Crippen LogP contribution is -2.40. The van der Waals surface area contributed by atoms with E-state index in [0.29, 0.717) is 12.8 Å². The van der Waals surface area contributed by atoms with Gasteiger partial charge >= 0.3 is 6.18 Å². The fraction of sp³-hybridized carbons (Fsp3) is 0.500. The molecule has 2 aromatic heterocycles. The van der Waals surface area contributed by atoms with E-state index in [0.717, 1.165) is 10.4 Å². The van der Waals surface area contributed by atoms with Crippen LogP contribution in [-0.2, 0) is 6.42 Å². The lowest BCUT2D eigenvalue weighted by Gasteiger charge is -2.33. The number of carbonyl (C=O) groups is 1. The monoisotopic (exact) mass is 381 g/mol. The van der Waals surface area contributed by atoms with E-state index in [9.17, 15) is 18.0 Å². The number of hydrogen-bond acceptors (Lipinski definition) is 4. The van der Waals surface area contributed by atoms with Crippen LogP contribution in [0.25, 0.3) is 0 Å². The molecule has 3 atom stereocenters. The number of alkyl halides is 3. The molecule has 2 N–H and O–H groups in total. The Hall–Kier alpha value is -2.58. The zero-order valence-electron chi connectivity index (χ0n) is 15.1. The Kier molecular flexibility index (Phi) is 5.38. The van der Waals surface area contributed by atoms with Crippen molar-refractivity contribution in [1.82, 2.24) is 20.1 Å². The number of aromatic nitrogens is 3. The summed E-state index contributed by atoms with van der Waals surface area (Å²) in [6, 6.07) is 3.19. The second-order valence-corrected chi connectivity index (χ2v) is 6.79. The molecule has 6 nitrogen and oxygen atoms in total. The van der Waals surface area contributed by atoms with Crippen molar-refractivity contribution >= 4 is 11.7 Å². The third-order valence-electron chi connectivity index (χ3n) is 4.67. The summed E-state index contributed by atoms with van der Waals surface area (Å²) in [5, 5.41) is 9.69. The van der Waals surface area contributed by atoms with E-state index in [1.165, 1.54) is 6.20 Å². The van der Waals surface area contributed by atoms with Crippen molar-refractivity contribution in [3.8, 4) is 0 Å². The third-order valence-corrected chi connectivity index (χ3v) is 4.67. The summed E-state index contributed by atoms with van der Waals surface area (Å²) in [6.45, 7) is 3.63. The molecule has 0 fully saturated rings. The van der Waals surface area contributed by atoms with Gasteiger partial charge in [-0.15, -0.1) is 0 Å². The largest absolute Gasteiger partial charge is 0.410 e. The Bertz CT molecular complexity index is 790. The average molecular weight is 381 g/mol. The summed E-state index contributed by atoms with van der Waals surface area (Å²) in [4.78, 5) is 16.8. The van der Waals surface area contributed by atoms with Crippen LogP contribution in [0.4, 0.5) is 19.0 Å². The molecule has 0 aliphatic carbocycles. The summed E-state index contributed by atoms with van der Waals surface area (Å²) in [6.07, 6.45) is -0.616. The molecule has 0 saturated carbocycles. The van der Waals surface area contributed by atoms with E-state index >= 15 is 0 Å². The van der Waals surface area contributed by atoms with Gasteiger partial charge in [-0.1, -0.05) is 13.0 Å². The zero-order chi connectivity index (χ0) is 19.6.